The number of aromatic nitrogens is 1. The molecule has 0 aliphatic carbocycles. The van der Waals surface area contributed by atoms with Crippen molar-refractivity contribution in [1.29, 1.82) is 0 Å². The van der Waals surface area contributed by atoms with Crippen LogP contribution in [0.4, 0.5) is 5.69 Å². The van der Waals surface area contributed by atoms with Crippen LogP contribution in [0, 0.1) is 0 Å². The molecule has 1 heterocycles. The van der Waals surface area contributed by atoms with E-state index in [4.69, 9.17) is 10.5 Å². The number of nitrogens with zero attached hydrogens (tertiary/aromatic N) is 1. The largest absolute Gasteiger partial charge is 0.497 e. The van der Waals surface area contributed by atoms with Crippen LogP contribution in [0.2, 0.25) is 0 Å². The first-order valence-corrected chi connectivity index (χ1v) is 5.08. The van der Waals surface area contributed by atoms with Crippen LogP contribution in [0.25, 0.3) is 0 Å². The summed E-state index contributed by atoms with van der Waals surface area (Å²) in [5.74, 6) is 0.314. The van der Waals surface area contributed by atoms with Crippen molar-refractivity contribution in [3.05, 3.63) is 48.3 Å². The molecule has 2 aromatic rings. The number of ether oxygens (including phenoxy) is 1. The van der Waals surface area contributed by atoms with Gasteiger partial charge in [-0.15, -0.1) is 0 Å². The molecule has 2 rings (SSSR count). The van der Waals surface area contributed by atoms with Gasteiger partial charge in [0.2, 0.25) is 0 Å². The van der Waals surface area contributed by atoms with Gasteiger partial charge in [0.15, 0.2) is 0 Å². The van der Waals surface area contributed by atoms with E-state index in [1.54, 1.807) is 42.4 Å². The van der Waals surface area contributed by atoms with Gasteiger partial charge in [0.25, 0.3) is 5.91 Å². The smallest absolute Gasteiger partial charge is 0.272 e. The molecule has 0 aliphatic rings. The fourth-order valence-corrected chi connectivity index (χ4v) is 1.45. The van der Waals surface area contributed by atoms with Crippen LogP contribution in [0.1, 0.15) is 10.4 Å². The molecule has 1 amide bonds. The predicted molar refractivity (Wildman–Crippen MR) is 65.5 cm³/mol. The Hall–Kier alpha value is -2.43. The number of nitrogens with one attached hydrogen (secondary N) is 1. The summed E-state index contributed by atoms with van der Waals surface area (Å²) >= 11 is 0. The summed E-state index contributed by atoms with van der Waals surface area (Å²) in [4.78, 5) is 11.9. The van der Waals surface area contributed by atoms with Crippen molar-refractivity contribution in [3.63, 3.8) is 0 Å². The number of nitrogens with two attached hydrogens (primary N) is 1. The summed E-state index contributed by atoms with van der Waals surface area (Å²) < 4.78 is 6.61. The number of anilines is 1. The summed E-state index contributed by atoms with van der Waals surface area (Å²) in [5.41, 5.74) is 9.22. The molecule has 0 fully saturated rings. The van der Waals surface area contributed by atoms with Crippen molar-refractivity contribution in [2.75, 3.05) is 18.3 Å². The van der Waals surface area contributed by atoms with E-state index in [2.05, 4.69) is 5.43 Å². The molecule has 0 spiro atoms. The molecule has 0 atom stereocenters. The lowest BCUT2D eigenvalue weighted by Gasteiger charge is -2.09. The Kier molecular flexibility index (Phi) is 3.00. The fourth-order valence-electron chi connectivity index (χ4n) is 1.45. The maximum Gasteiger partial charge on any atom is 0.272 e. The van der Waals surface area contributed by atoms with E-state index in [0.29, 0.717) is 17.0 Å². The van der Waals surface area contributed by atoms with Crippen molar-refractivity contribution in [1.82, 2.24) is 4.68 Å². The van der Waals surface area contributed by atoms with Crippen molar-refractivity contribution in [2.45, 2.75) is 0 Å². The van der Waals surface area contributed by atoms with Crippen LogP contribution in [-0.2, 0) is 0 Å². The van der Waals surface area contributed by atoms with Crippen molar-refractivity contribution < 1.29 is 9.53 Å². The van der Waals surface area contributed by atoms with E-state index in [-0.39, 0.29) is 5.91 Å². The Labute approximate surface area is 98.8 Å². The molecule has 0 radical (unpaired) electrons. The summed E-state index contributed by atoms with van der Waals surface area (Å²) in [6.07, 6.45) is 3.46. The standard InChI is InChI=1S/C12H13N3O2/c1-17-9-4-5-11(13)10(8-9)12(16)14-15-6-2-3-7-15/h2-8H,13H2,1H3,(H,14,16). The number of amides is 1. The van der Waals surface area contributed by atoms with Crippen molar-refractivity contribution in [3.8, 4) is 5.75 Å². The van der Waals surface area contributed by atoms with Crippen molar-refractivity contribution >= 4 is 11.6 Å². The quantitative estimate of drug-likeness (QED) is 0.786. The second-order valence-electron chi connectivity index (χ2n) is 3.48. The third-order valence-electron chi connectivity index (χ3n) is 2.34. The Morgan fingerprint density at radius 3 is 2.71 bits per heavy atom. The van der Waals surface area contributed by atoms with Crippen LogP contribution < -0.4 is 15.9 Å². The molecule has 5 heteroatoms. The Morgan fingerprint density at radius 1 is 1.35 bits per heavy atom. The summed E-state index contributed by atoms with van der Waals surface area (Å²) in [7, 11) is 1.54. The predicted octanol–water partition coefficient (Wildman–Crippen LogP) is 1.46. The number of carbonyl (C=O) groups excluding carboxylic acids is 1. The number of hydrogen-bond donors (Lipinski definition) is 2. The number of carbonyl (C=O) groups is 1. The zero-order chi connectivity index (χ0) is 12.3. The molecule has 0 bridgehead atoms. The average molecular weight is 231 g/mol. The topological polar surface area (TPSA) is 69.3 Å². The van der Waals surface area contributed by atoms with Gasteiger partial charge in [-0.2, -0.15) is 0 Å². The van der Waals surface area contributed by atoms with Crippen LogP contribution in [0.3, 0.4) is 0 Å². The average Bonchev–Trinajstić information content (AvgIpc) is 2.82. The van der Waals surface area contributed by atoms with E-state index in [1.807, 2.05) is 12.1 Å². The lowest BCUT2D eigenvalue weighted by molar-refractivity contribution is 0.101. The molecule has 1 aromatic carbocycles. The summed E-state index contributed by atoms with van der Waals surface area (Å²) in [6.45, 7) is 0. The highest BCUT2D eigenvalue weighted by Gasteiger charge is 2.10. The lowest BCUT2D eigenvalue weighted by atomic mass is 10.1. The lowest BCUT2D eigenvalue weighted by Crippen LogP contribution is -2.22. The molecule has 0 unspecified atom stereocenters. The third kappa shape index (κ3) is 2.39. The first kappa shape index (κ1) is 11.1. The fraction of sp³-hybridized carbons (Fsp3) is 0.0833. The minimum absolute atomic E-state index is 0.280. The minimum atomic E-state index is -0.280. The monoisotopic (exact) mass is 231 g/mol. The van der Waals surface area contributed by atoms with Gasteiger partial charge in [-0.1, -0.05) is 0 Å². The van der Waals surface area contributed by atoms with Gasteiger partial charge in [-0.3, -0.25) is 14.9 Å². The number of benzene rings is 1. The molecule has 17 heavy (non-hydrogen) atoms. The Balaban J connectivity index is 2.24. The molecule has 1 aromatic heterocycles. The van der Waals surface area contributed by atoms with Crippen molar-refractivity contribution in [2.24, 2.45) is 0 Å². The second-order valence-corrected chi connectivity index (χ2v) is 3.48. The number of rotatable bonds is 3. The zero-order valence-corrected chi connectivity index (χ0v) is 9.38. The van der Waals surface area contributed by atoms with Gasteiger partial charge in [-0.25, -0.2) is 0 Å². The number of nitrogen functional groups attached to an aromatic ring is 1. The third-order valence-corrected chi connectivity index (χ3v) is 2.34. The van der Waals surface area contributed by atoms with Crippen LogP contribution in [0.5, 0.6) is 5.75 Å². The van der Waals surface area contributed by atoms with Gasteiger partial charge >= 0.3 is 0 Å². The molecule has 0 aliphatic heterocycles. The number of methoxy groups -OCH3 is 1. The van der Waals surface area contributed by atoms with E-state index in [0.717, 1.165) is 0 Å². The van der Waals surface area contributed by atoms with Gasteiger partial charge in [0.05, 0.1) is 12.7 Å². The highest BCUT2D eigenvalue weighted by Crippen LogP contribution is 2.19. The molecular formula is C12H13N3O2. The normalized spacial score (nSPS) is 9.94. The van der Waals surface area contributed by atoms with E-state index in [9.17, 15) is 4.79 Å². The maximum atomic E-state index is 11.9. The van der Waals surface area contributed by atoms with E-state index < -0.39 is 0 Å². The summed E-state index contributed by atoms with van der Waals surface area (Å²) in [6, 6.07) is 8.59. The Morgan fingerprint density at radius 2 is 2.06 bits per heavy atom. The highest BCUT2D eigenvalue weighted by atomic mass is 16.5. The van der Waals surface area contributed by atoms with Crippen LogP contribution in [0.15, 0.2) is 42.7 Å². The maximum absolute atomic E-state index is 11.9. The van der Waals surface area contributed by atoms with E-state index >= 15 is 0 Å². The van der Waals surface area contributed by atoms with Gasteiger partial charge < -0.3 is 10.5 Å². The molecule has 0 saturated carbocycles. The first-order chi connectivity index (χ1) is 8.20. The first-order valence-electron chi connectivity index (χ1n) is 5.08. The van der Waals surface area contributed by atoms with Gasteiger partial charge in [-0.05, 0) is 30.3 Å². The zero-order valence-electron chi connectivity index (χ0n) is 9.38. The van der Waals surface area contributed by atoms with E-state index in [1.165, 1.54) is 0 Å². The van der Waals surface area contributed by atoms with Crippen LogP contribution >= 0.6 is 0 Å². The van der Waals surface area contributed by atoms with Gasteiger partial charge in [0, 0.05) is 18.1 Å². The second kappa shape index (κ2) is 4.61. The number of hydrogen-bond acceptors (Lipinski definition) is 3. The highest BCUT2D eigenvalue weighted by molar-refractivity contribution is 6.04. The van der Waals surface area contributed by atoms with Crippen LogP contribution in [-0.4, -0.2) is 17.7 Å². The molecular weight excluding hydrogens is 218 g/mol. The SMILES string of the molecule is COc1ccc(N)c(C(=O)Nn2cccc2)c1. The van der Waals surface area contributed by atoms with Gasteiger partial charge in [0.1, 0.15) is 5.75 Å². The minimum Gasteiger partial charge on any atom is -0.497 e. The Bertz CT molecular complexity index is 521. The summed E-state index contributed by atoms with van der Waals surface area (Å²) in [5, 5.41) is 0. The molecule has 5 nitrogen and oxygen atoms in total. The molecule has 88 valence electrons. The molecule has 3 N–H and O–H groups in total. The molecule has 0 saturated heterocycles.